The fourth-order valence-corrected chi connectivity index (χ4v) is 2.51. The van der Waals surface area contributed by atoms with Crippen molar-refractivity contribution < 1.29 is 4.79 Å². The molecule has 0 atom stereocenters. The average Bonchev–Trinajstić information content (AvgIpc) is 2.52. The normalized spacial score (nSPS) is 10.8. The van der Waals surface area contributed by atoms with Gasteiger partial charge in [-0.3, -0.25) is 9.69 Å². The third kappa shape index (κ3) is 4.69. The predicted octanol–water partition coefficient (Wildman–Crippen LogP) is 4.43. The Morgan fingerprint density at radius 1 is 1.05 bits per heavy atom. The fourth-order valence-electron chi connectivity index (χ4n) is 2.27. The summed E-state index contributed by atoms with van der Waals surface area (Å²) in [5.74, 6) is 0.104. The molecular weight excluding hydrogens is 282 g/mol. The quantitative estimate of drug-likeness (QED) is 0.705. The Kier molecular flexibility index (Phi) is 5.97. The monoisotopic (exact) mass is 301 g/mol. The molecule has 110 valence electrons. The van der Waals surface area contributed by atoms with Crippen LogP contribution in [0.4, 0.5) is 0 Å². The van der Waals surface area contributed by atoms with Gasteiger partial charge in [-0.25, -0.2) is 0 Å². The zero-order valence-electron chi connectivity index (χ0n) is 12.3. The second-order valence-electron chi connectivity index (χ2n) is 5.01. The van der Waals surface area contributed by atoms with Gasteiger partial charge in [-0.15, -0.1) is 0 Å². The largest absolute Gasteiger partial charge is 0.299 e. The fraction of sp³-hybridized carbons (Fsp3) is 0.278. The van der Waals surface area contributed by atoms with Crippen LogP contribution in [0.3, 0.4) is 0 Å². The van der Waals surface area contributed by atoms with Crippen LogP contribution in [-0.2, 0) is 6.54 Å². The van der Waals surface area contributed by atoms with Crippen LogP contribution >= 0.6 is 11.6 Å². The van der Waals surface area contributed by atoms with E-state index in [-0.39, 0.29) is 5.78 Å². The second-order valence-corrected chi connectivity index (χ2v) is 5.41. The Labute approximate surface area is 131 Å². The van der Waals surface area contributed by atoms with E-state index in [4.69, 9.17) is 11.6 Å². The van der Waals surface area contributed by atoms with Crippen LogP contribution in [0, 0.1) is 0 Å². The van der Waals surface area contributed by atoms with Crippen molar-refractivity contribution in [2.75, 3.05) is 13.1 Å². The Bertz CT molecular complexity index is 583. The first-order chi connectivity index (χ1) is 10.2. The average molecular weight is 302 g/mol. The SMILES string of the molecule is CCN(CCC(=O)c1ccccc1Cl)Cc1ccccc1. The van der Waals surface area contributed by atoms with Gasteiger partial charge >= 0.3 is 0 Å². The number of benzene rings is 2. The Morgan fingerprint density at radius 3 is 2.38 bits per heavy atom. The van der Waals surface area contributed by atoms with E-state index in [1.165, 1.54) is 5.56 Å². The summed E-state index contributed by atoms with van der Waals surface area (Å²) < 4.78 is 0. The van der Waals surface area contributed by atoms with Crippen LogP contribution in [0.5, 0.6) is 0 Å². The van der Waals surface area contributed by atoms with E-state index in [0.717, 1.165) is 19.6 Å². The standard InChI is InChI=1S/C18H20ClNO/c1-2-20(14-15-8-4-3-5-9-15)13-12-18(21)16-10-6-7-11-17(16)19/h3-11H,2,12-14H2,1H3. The lowest BCUT2D eigenvalue weighted by molar-refractivity contribution is 0.0963. The zero-order valence-corrected chi connectivity index (χ0v) is 13.0. The molecule has 0 aliphatic rings. The number of hydrogen-bond donors (Lipinski definition) is 0. The highest BCUT2D eigenvalue weighted by Gasteiger charge is 2.11. The molecule has 2 rings (SSSR count). The van der Waals surface area contributed by atoms with Gasteiger partial charge in [0.2, 0.25) is 0 Å². The van der Waals surface area contributed by atoms with Gasteiger partial charge in [0.1, 0.15) is 0 Å². The number of nitrogens with zero attached hydrogens (tertiary/aromatic N) is 1. The smallest absolute Gasteiger partial charge is 0.165 e. The number of hydrogen-bond acceptors (Lipinski definition) is 2. The maximum atomic E-state index is 12.2. The lowest BCUT2D eigenvalue weighted by Gasteiger charge is -2.20. The van der Waals surface area contributed by atoms with Crippen LogP contribution in [0.25, 0.3) is 0 Å². The molecule has 0 aliphatic heterocycles. The van der Waals surface area contributed by atoms with Crippen LogP contribution in [0.15, 0.2) is 54.6 Å². The summed E-state index contributed by atoms with van der Waals surface area (Å²) in [6.45, 7) is 4.65. The maximum Gasteiger partial charge on any atom is 0.165 e. The van der Waals surface area contributed by atoms with E-state index < -0.39 is 0 Å². The van der Waals surface area contributed by atoms with E-state index in [1.807, 2.05) is 30.3 Å². The van der Waals surface area contributed by atoms with E-state index in [0.29, 0.717) is 17.0 Å². The topological polar surface area (TPSA) is 20.3 Å². The van der Waals surface area contributed by atoms with Gasteiger partial charge in [0.05, 0.1) is 5.02 Å². The molecule has 0 N–H and O–H groups in total. The molecule has 0 unspecified atom stereocenters. The Morgan fingerprint density at radius 2 is 1.71 bits per heavy atom. The molecule has 3 heteroatoms. The molecular formula is C18H20ClNO. The summed E-state index contributed by atoms with van der Waals surface area (Å²) in [6, 6.07) is 17.6. The van der Waals surface area contributed by atoms with Gasteiger partial charge in [0.25, 0.3) is 0 Å². The molecule has 0 fully saturated rings. The number of rotatable bonds is 7. The molecule has 2 nitrogen and oxygen atoms in total. The Balaban J connectivity index is 1.91. The van der Waals surface area contributed by atoms with Crippen LogP contribution < -0.4 is 0 Å². The minimum Gasteiger partial charge on any atom is -0.299 e. The van der Waals surface area contributed by atoms with E-state index in [2.05, 4.69) is 24.0 Å². The van der Waals surface area contributed by atoms with E-state index in [9.17, 15) is 4.79 Å². The maximum absolute atomic E-state index is 12.2. The van der Waals surface area contributed by atoms with E-state index >= 15 is 0 Å². The first-order valence-electron chi connectivity index (χ1n) is 7.24. The van der Waals surface area contributed by atoms with Gasteiger partial charge in [-0.2, -0.15) is 0 Å². The van der Waals surface area contributed by atoms with Crippen molar-refractivity contribution in [3.05, 3.63) is 70.7 Å². The molecule has 0 spiro atoms. The van der Waals surface area contributed by atoms with Gasteiger partial charge in [0.15, 0.2) is 5.78 Å². The molecule has 21 heavy (non-hydrogen) atoms. The second kappa shape index (κ2) is 7.96. The van der Waals surface area contributed by atoms with Crippen molar-refractivity contribution in [2.24, 2.45) is 0 Å². The molecule has 0 heterocycles. The van der Waals surface area contributed by atoms with Crippen LogP contribution in [0.2, 0.25) is 5.02 Å². The number of halogens is 1. The molecule has 0 saturated heterocycles. The third-order valence-electron chi connectivity index (χ3n) is 3.53. The van der Waals surface area contributed by atoms with Gasteiger partial charge in [-0.05, 0) is 24.2 Å². The summed E-state index contributed by atoms with van der Waals surface area (Å²) in [6.07, 6.45) is 0.490. The van der Waals surface area contributed by atoms with Crippen molar-refractivity contribution in [2.45, 2.75) is 19.9 Å². The summed E-state index contributed by atoms with van der Waals surface area (Å²) in [7, 11) is 0. The molecule has 0 radical (unpaired) electrons. The van der Waals surface area contributed by atoms with Crippen molar-refractivity contribution in [3.8, 4) is 0 Å². The van der Waals surface area contributed by atoms with Crippen molar-refractivity contribution >= 4 is 17.4 Å². The predicted molar refractivity (Wildman–Crippen MR) is 87.8 cm³/mol. The van der Waals surface area contributed by atoms with Crippen molar-refractivity contribution in [1.82, 2.24) is 4.90 Å². The zero-order chi connectivity index (χ0) is 15.1. The van der Waals surface area contributed by atoms with Crippen molar-refractivity contribution in [3.63, 3.8) is 0 Å². The number of carbonyl (C=O) groups is 1. The number of Topliss-reactive ketones (excluding diaryl/α,β-unsaturated/α-hetero) is 1. The highest BCUT2D eigenvalue weighted by Crippen LogP contribution is 2.17. The first kappa shape index (κ1) is 15.7. The first-order valence-corrected chi connectivity index (χ1v) is 7.62. The number of ketones is 1. The molecule has 0 amide bonds. The molecule has 0 aliphatic carbocycles. The highest BCUT2D eigenvalue weighted by atomic mass is 35.5. The van der Waals surface area contributed by atoms with Gasteiger partial charge in [-0.1, -0.05) is 61.0 Å². The van der Waals surface area contributed by atoms with Crippen LogP contribution in [-0.4, -0.2) is 23.8 Å². The lowest BCUT2D eigenvalue weighted by Crippen LogP contribution is -2.25. The van der Waals surface area contributed by atoms with Gasteiger partial charge < -0.3 is 0 Å². The van der Waals surface area contributed by atoms with E-state index in [1.54, 1.807) is 12.1 Å². The minimum atomic E-state index is 0.104. The number of carbonyl (C=O) groups excluding carboxylic acids is 1. The van der Waals surface area contributed by atoms with Crippen LogP contribution in [0.1, 0.15) is 29.3 Å². The molecule has 0 bridgehead atoms. The molecule has 2 aromatic rings. The third-order valence-corrected chi connectivity index (χ3v) is 3.86. The highest BCUT2D eigenvalue weighted by molar-refractivity contribution is 6.33. The lowest BCUT2D eigenvalue weighted by atomic mass is 10.1. The summed E-state index contributed by atoms with van der Waals surface area (Å²) in [5, 5.41) is 0.536. The Hall–Kier alpha value is -1.64. The molecule has 0 saturated carbocycles. The minimum absolute atomic E-state index is 0.104. The van der Waals surface area contributed by atoms with Crippen molar-refractivity contribution in [1.29, 1.82) is 0 Å². The van der Waals surface area contributed by atoms with Gasteiger partial charge in [0, 0.05) is 25.1 Å². The summed E-state index contributed by atoms with van der Waals surface area (Å²) in [5.41, 5.74) is 1.89. The molecule has 0 aromatic heterocycles. The summed E-state index contributed by atoms with van der Waals surface area (Å²) in [4.78, 5) is 14.5. The molecule has 2 aromatic carbocycles. The summed E-state index contributed by atoms with van der Waals surface area (Å²) >= 11 is 6.06.